The van der Waals surface area contributed by atoms with Gasteiger partial charge in [0.15, 0.2) is 0 Å². The topological polar surface area (TPSA) is 75.3 Å². The number of hydrogen-bond donors (Lipinski definition) is 2. The summed E-state index contributed by atoms with van der Waals surface area (Å²) in [7, 11) is -3.87. The molecular weight excluding hydrogens is 408 g/mol. The Kier molecular flexibility index (Phi) is 7.33. The van der Waals surface area contributed by atoms with E-state index in [4.69, 9.17) is 11.6 Å². The van der Waals surface area contributed by atoms with E-state index >= 15 is 0 Å². The molecule has 156 valence electrons. The SMILES string of the molecule is C[C@@H]1CCCC[C@@H]1NC(=O)[C@@H](Cc1ccccc1)NS(=O)(=O)c1ccc(Cl)cc1. The molecule has 1 aliphatic rings. The number of sulfonamides is 1. The molecule has 0 heterocycles. The van der Waals surface area contributed by atoms with Crippen LogP contribution < -0.4 is 10.0 Å². The third-order valence-electron chi connectivity index (χ3n) is 5.46. The van der Waals surface area contributed by atoms with Gasteiger partial charge in [-0.2, -0.15) is 4.72 Å². The fourth-order valence-corrected chi connectivity index (χ4v) is 5.04. The first-order chi connectivity index (χ1) is 13.8. The zero-order valence-electron chi connectivity index (χ0n) is 16.5. The van der Waals surface area contributed by atoms with Crippen LogP contribution in [0.25, 0.3) is 0 Å². The van der Waals surface area contributed by atoms with Gasteiger partial charge in [0.05, 0.1) is 4.90 Å². The van der Waals surface area contributed by atoms with Gasteiger partial charge >= 0.3 is 0 Å². The summed E-state index contributed by atoms with van der Waals surface area (Å²) >= 11 is 5.87. The van der Waals surface area contributed by atoms with Crippen LogP contribution in [-0.2, 0) is 21.2 Å². The Labute approximate surface area is 177 Å². The maximum absolute atomic E-state index is 13.1. The van der Waals surface area contributed by atoms with Gasteiger partial charge in [0.25, 0.3) is 0 Å². The average molecular weight is 435 g/mol. The second kappa shape index (κ2) is 9.74. The predicted molar refractivity (Wildman–Crippen MR) is 115 cm³/mol. The highest BCUT2D eigenvalue weighted by Gasteiger charge is 2.30. The molecule has 0 radical (unpaired) electrons. The largest absolute Gasteiger partial charge is 0.352 e. The molecule has 0 aliphatic heterocycles. The van der Waals surface area contributed by atoms with Crippen LogP contribution in [0.1, 0.15) is 38.2 Å². The minimum Gasteiger partial charge on any atom is -0.352 e. The van der Waals surface area contributed by atoms with Crippen molar-refractivity contribution in [1.82, 2.24) is 10.0 Å². The Balaban J connectivity index is 1.80. The quantitative estimate of drug-likeness (QED) is 0.693. The molecule has 29 heavy (non-hydrogen) atoms. The van der Waals surface area contributed by atoms with Crippen molar-refractivity contribution in [1.29, 1.82) is 0 Å². The normalized spacial score (nSPS) is 20.8. The lowest BCUT2D eigenvalue weighted by molar-refractivity contribution is -0.124. The third kappa shape index (κ3) is 6.04. The van der Waals surface area contributed by atoms with Crippen molar-refractivity contribution in [3.8, 4) is 0 Å². The van der Waals surface area contributed by atoms with Gasteiger partial charge in [-0.1, -0.05) is 61.7 Å². The predicted octanol–water partition coefficient (Wildman–Crippen LogP) is 3.92. The number of benzene rings is 2. The number of amides is 1. The first-order valence-electron chi connectivity index (χ1n) is 9.97. The highest BCUT2D eigenvalue weighted by molar-refractivity contribution is 7.89. The van der Waals surface area contributed by atoms with Gasteiger partial charge in [-0.25, -0.2) is 8.42 Å². The summed E-state index contributed by atoms with van der Waals surface area (Å²) in [6, 6.07) is 14.5. The van der Waals surface area contributed by atoms with Gasteiger partial charge in [-0.3, -0.25) is 4.79 Å². The van der Waals surface area contributed by atoms with E-state index in [0.717, 1.165) is 24.8 Å². The van der Waals surface area contributed by atoms with Crippen molar-refractivity contribution < 1.29 is 13.2 Å². The van der Waals surface area contributed by atoms with Crippen LogP contribution in [0.2, 0.25) is 5.02 Å². The van der Waals surface area contributed by atoms with Crippen LogP contribution in [0.15, 0.2) is 59.5 Å². The lowest BCUT2D eigenvalue weighted by Gasteiger charge is -2.31. The zero-order valence-corrected chi connectivity index (χ0v) is 18.0. The van der Waals surface area contributed by atoms with E-state index in [1.54, 1.807) is 0 Å². The molecule has 0 bridgehead atoms. The molecule has 0 unspecified atom stereocenters. The molecule has 2 aromatic rings. The lowest BCUT2D eigenvalue weighted by Crippen LogP contribution is -2.52. The lowest BCUT2D eigenvalue weighted by atomic mass is 9.86. The van der Waals surface area contributed by atoms with E-state index in [0.29, 0.717) is 10.9 Å². The number of carbonyl (C=O) groups excluding carboxylic acids is 1. The number of halogens is 1. The monoisotopic (exact) mass is 434 g/mol. The Morgan fingerprint density at radius 2 is 1.72 bits per heavy atom. The molecule has 1 fully saturated rings. The fraction of sp³-hybridized carbons (Fsp3) is 0.409. The maximum Gasteiger partial charge on any atom is 0.241 e. The van der Waals surface area contributed by atoms with Crippen molar-refractivity contribution in [3.05, 3.63) is 65.2 Å². The Morgan fingerprint density at radius 1 is 1.07 bits per heavy atom. The molecule has 5 nitrogen and oxygen atoms in total. The van der Waals surface area contributed by atoms with Crippen LogP contribution >= 0.6 is 11.6 Å². The third-order valence-corrected chi connectivity index (χ3v) is 7.20. The molecule has 1 amide bonds. The Bertz CT molecular complexity index is 917. The van der Waals surface area contributed by atoms with Crippen molar-refractivity contribution in [2.75, 3.05) is 0 Å². The first-order valence-corrected chi connectivity index (χ1v) is 11.8. The van der Waals surface area contributed by atoms with Gasteiger partial charge in [-0.05, 0) is 55.0 Å². The molecule has 0 aromatic heterocycles. The highest BCUT2D eigenvalue weighted by atomic mass is 35.5. The molecule has 0 spiro atoms. The van der Waals surface area contributed by atoms with E-state index in [1.807, 2.05) is 30.3 Å². The summed E-state index contributed by atoms with van der Waals surface area (Å²) < 4.78 is 28.3. The van der Waals surface area contributed by atoms with Gasteiger partial charge in [-0.15, -0.1) is 0 Å². The molecule has 2 aromatic carbocycles. The Hall–Kier alpha value is -1.89. The second-order valence-electron chi connectivity index (χ2n) is 7.69. The zero-order chi connectivity index (χ0) is 20.9. The van der Waals surface area contributed by atoms with Crippen LogP contribution in [0, 0.1) is 5.92 Å². The standard InChI is InChI=1S/C22H27ClN2O3S/c1-16-7-5-6-10-20(16)24-22(26)21(15-17-8-3-2-4-9-17)25-29(27,28)19-13-11-18(23)12-14-19/h2-4,8-9,11-14,16,20-21,25H,5-7,10,15H2,1H3,(H,24,26)/t16-,20+,21-/m1/s1. The van der Waals surface area contributed by atoms with Gasteiger partial charge < -0.3 is 5.32 Å². The molecule has 2 N–H and O–H groups in total. The van der Waals surface area contributed by atoms with E-state index in [9.17, 15) is 13.2 Å². The molecule has 7 heteroatoms. The van der Waals surface area contributed by atoms with Gasteiger partial charge in [0.1, 0.15) is 6.04 Å². The smallest absolute Gasteiger partial charge is 0.241 e. The molecule has 3 rings (SSSR count). The number of rotatable bonds is 7. The highest BCUT2D eigenvalue weighted by Crippen LogP contribution is 2.24. The van der Waals surface area contributed by atoms with E-state index in [1.165, 1.54) is 30.7 Å². The minimum absolute atomic E-state index is 0.0783. The number of carbonyl (C=O) groups is 1. The van der Waals surface area contributed by atoms with Crippen LogP contribution in [0.5, 0.6) is 0 Å². The van der Waals surface area contributed by atoms with E-state index < -0.39 is 16.1 Å². The van der Waals surface area contributed by atoms with Gasteiger partial charge in [0.2, 0.25) is 15.9 Å². The van der Waals surface area contributed by atoms with E-state index in [2.05, 4.69) is 17.0 Å². The summed E-state index contributed by atoms with van der Waals surface area (Å²) in [6.07, 6.45) is 4.53. The van der Waals surface area contributed by atoms with Gasteiger partial charge in [0, 0.05) is 11.1 Å². The van der Waals surface area contributed by atoms with Crippen LogP contribution in [0.4, 0.5) is 0 Å². The average Bonchev–Trinajstić information content (AvgIpc) is 2.70. The number of nitrogens with one attached hydrogen (secondary N) is 2. The van der Waals surface area contributed by atoms with Crippen LogP contribution in [-0.4, -0.2) is 26.4 Å². The van der Waals surface area contributed by atoms with E-state index in [-0.39, 0.29) is 23.3 Å². The summed E-state index contributed by atoms with van der Waals surface area (Å²) in [5.74, 6) is 0.100. The second-order valence-corrected chi connectivity index (χ2v) is 9.84. The molecule has 0 saturated heterocycles. The summed E-state index contributed by atoms with van der Waals surface area (Å²) in [4.78, 5) is 13.1. The summed E-state index contributed by atoms with van der Waals surface area (Å²) in [6.45, 7) is 2.13. The molecule has 1 saturated carbocycles. The molecular formula is C22H27ClN2O3S. The summed E-state index contributed by atoms with van der Waals surface area (Å²) in [5.41, 5.74) is 0.892. The van der Waals surface area contributed by atoms with Crippen LogP contribution in [0.3, 0.4) is 0 Å². The minimum atomic E-state index is -3.87. The van der Waals surface area contributed by atoms with Crippen molar-refractivity contribution in [3.63, 3.8) is 0 Å². The summed E-state index contributed by atoms with van der Waals surface area (Å²) in [5, 5.41) is 3.54. The number of hydrogen-bond acceptors (Lipinski definition) is 3. The fourth-order valence-electron chi connectivity index (χ4n) is 3.72. The molecule has 3 atom stereocenters. The van der Waals surface area contributed by atoms with Crippen molar-refractivity contribution in [2.24, 2.45) is 5.92 Å². The molecule has 1 aliphatic carbocycles. The first kappa shape index (κ1) is 21.8. The van der Waals surface area contributed by atoms with Crippen molar-refractivity contribution in [2.45, 2.75) is 56.0 Å². The Morgan fingerprint density at radius 3 is 2.38 bits per heavy atom. The van der Waals surface area contributed by atoms with Crippen molar-refractivity contribution >= 4 is 27.5 Å². The maximum atomic E-state index is 13.1.